The van der Waals surface area contributed by atoms with E-state index in [0.29, 0.717) is 5.38 Å². The minimum absolute atomic E-state index is 0.514. The molecule has 0 heterocycles. The molecule has 0 N–H and O–H groups in total. The standard InChI is InChI=1S/C6H11Cl/c1-4(2)5-3-6(5)7/h4-6H,3H2,1-2H3/t5-,6+/m1/s1. The normalized spacial score (nSPS) is 39.4. The molecule has 1 aliphatic rings. The molecular formula is C6H11Cl. The molecule has 0 aliphatic heterocycles. The fraction of sp³-hybridized carbons (Fsp3) is 1.00. The smallest absolute Gasteiger partial charge is 0.0370 e. The van der Waals surface area contributed by atoms with Crippen molar-refractivity contribution >= 4 is 11.6 Å². The molecule has 0 unspecified atom stereocenters. The summed E-state index contributed by atoms with van der Waals surface area (Å²) in [4.78, 5) is 0. The van der Waals surface area contributed by atoms with Gasteiger partial charge < -0.3 is 0 Å². The van der Waals surface area contributed by atoms with E-state index >= 15 is 0 Å². The van der Waals surface area contributed by atoms with Gasteiger partial charge in [0.15, 0.2) is 0 Å². The van der Waals surface area contributed by atoms with Crippen molar-refractivity contribution in [2.75, 3.05) is 0 Å². The van der Waals surface area contributed by atoms with Crippen LogP contribution in [0.3, 0.4) is 0 Å². The predicted molar refractivity (Wildman–Crippen MR) is 32.6 cm³/mol. The SMILES string of the molecule is CC(C)[C@H]1C[C@@H]1Cl. The monoisotopic (exact) mass is 118 g/mol. The summed E-state index contributed by atoms with van der Waals surface area (Å²) in [5.41, 5.74) is 0. The average molecular weight is 119 g/mol. The van der Waals surface area contributed by atoms with Crippen molar-refractivity contribution in [3.63, 3.8) is 0 Å². The van der Waals surface area contributed by atoms with E-state index < -0.39 is 0 Å². The molecule has 1 aliphatic carbocycles. The first-order valence-electron chi connectivity index (χ1n) is 2.86. The highest BCUT2D eigenvalue weighted by Crippen LogP contribution is 2.41. The maximum atomic E-state index is 5.75. The van der Waals surface area contributed by atoms with Crippen LogP contribution in [0.15, 0.2) is 0 Å². The first-order chi connectivity index (χ1) is 3.22. The second kappa shape index (κ2) is 1.66. The molecule has 1 heteroatoms. The van der Waals surface area contributed by atoms with Crippen molar-refractivity contribution in [1.82, 2.24) is 0 Å². The Morgan fingerprint density at radius 1 is 1.57 bits per heavy atom. The summed E-state index contributed by atoms with van der Waals surface area (Å²) in [5.74, 6) is 1.64. The first kappa shape index (κ1) is 5.43. The number of halogens is 1. The van der Waals surface area contributed by atoms with Gasteiger partial charge in [0, 0.05) is 5.38 Å². The third-order valence-electron chi connectivity index (χ3n) is 1.62. The molecule has 1 rings (SSSR count). The van der Waals surface area contributed by atoms with E-state index in [9.17, 15) is 0 Å². The third kappa shape index (κ3) is 1.09. The second-order valence-corrected chi connectivity index (χ2v) is 3.22. The lowest BCUT2D eigenvalue weighted by Crippen LogP contribution is -1.90. The summed E-state index contributed by atoms with van der Waals surface area (Å²) in [7, 11) is 0. The number of hydrogen-bond acceptors (Lipinski definition) is 0. The van der Waals surface area contributed by atoms with Gasteiger partial charge in [0.2, 0.25) is 0 Å². The van der Waals surface area contributed by atoms with Gasteiger partial charge in [-0.15, -0.1) is 11.6 Å². The predicted octanol–water partition coefficient (Wildman–Crippen LogP) is 2.27. The van der Waals surface area contributed by atoms with Gasteiger partial charge in [-0.05, 0) is 18.3 Å². The molecule has 0 amide bonds. The van der Waals surface area contributed by atoms with Crippen LogP contribution < -0.4 is 0 Å². The topological polar surface area (TPSA) is 0 Å². The van der Waals surface area contributed by atoms with Crippen molar-refractivity contribution in [2.45, 2.75) is 25.6 Å². The van der Waals surface area contributed by atoms with Gasteiger partial charge in [-0.25, -0.2) is 0 Å². The second-order valence-electron chi connectivity index (χ2n) is 2.66. The highest BCUT2D eigenvalue weighted by molar-refractivity contribution is 6.22. The Labute approximate surface area is 49.9 Å². The fourth-order valence-corrected chi connectivity index (χ4v) is 1.37. The van der Waals surface area contributed by atoms with Gasteiger partial charge >= 0.3 is 0 Å². The maximum absolute atomic E-state index is 5.75. The summed E-state index contributed by atoms with van der Waals surface area (Å²) in [6.45, 7) is 4.46. The Morgan fingerprint density at radius 3 is 2.00 bits per heavy atom. The van der Waals surface area contributed by atoms with E-state index in [1.165, 1.54) is 6.42 Å². The van der Waals surface area contributed by atoms with E-state index in [2.05, 4.69) is 13.8 Å². The Bertz CT molecular complexity index is 68.6. The summed E-state index contributed by atoms with van der Waals surface area (Å²) in [6.07, 6.45) is 1.25. The molecule has 42 valence electrons. The van der Waals surface area contributed by atoms with Gasteiger partial charge in [0.1, 0.15) is 0 Å². The largest absolute Gasteiger partial charge is 0.123 e. The molecule has 0 saturated heterocycles. The Hall–Kier alpha value is 0.290. The lowest BCUT2D eigenvalue weighted by Gasteiger charge is -1.96. The molecule has 0 aromatic rings. The minimum atomic E-state index is 0.514. The molecule has 2 atom stereocenters. The van der Waals surface area contributed by atoms with Crippen molar-refractivity contribution in [3.8, 4) is 0 Å². The van der Waals surface area contributed by atoms with Crippen LogP contribution >= 0.6 is 11.6 Å². The number of rotatable bonds is 1. The van der Waals surface area contributed by atoms with Crippen molar-refractivity contribution in [3.05, 3.63) is 0 Å². The van der Waals surface area contributed by atoms with Crippen LogP contribution in [0.1, 0.15) is 20.3 Å². The van der Waals surface area contributed by atoms with E-state index in [4.69, 9.17) is 11.6 Å². The van der Waals surface area contributed by atoms with Crippen LogP contribution in [-0.4, -0.2) is 5.38 Å². The van der Waals surface area contributed by atoms with E-state index in [1.807, 2.05) is 0 Å². The van der Waals surface area contributed by atoms with Crippen LogP contribution in [0.2, 0.25) is 0 Å². The number of alkyl halides is 1. The van der Waals surface area contributed by atoms with Crippen molar-refractivity contribution in [2.24, 2.45) is 11.8 Å². The molecule has 1 saturated carbocycles. The van der Waals surface area contributed by atoms with Crippen LogP contribution in [0.4, 0.5) is 0 Å². The first-order valence-corrected chi connectivity index (χ1v) is 3.29. The minimum Gasteiger partial charge on any atom is -0.123 e. The lowest BCUT2D eigenvalue weighted by molar-refractivity contribution is 0.565. The molecule has 1 fully saturated rings. The zero-order valence-corrected chi connectivity index (χ0v) is 5.57. The molecule has 7 heavy (non-hydrogen) atoms. The van der Waals surface area contributed by atoms with Crippen molar-refractivity contribution < 1.29 is 0 Å². The molecule has 0 aromatic carbocycles. The zero-order valence-electron chi connectivity index (χ0n) is 4.82. The molecular weight excluding hydrogens is 108 g/mol. The quantitative estimate of drug-likeness (QED) is 0.464. The van der Waals surface area contributed by atoms with Gasteiger partial charge in [0.05, 0.1) is 0 Å². The van der Waals surface area contributed by atoms with Gasteiger partial charge in [-0.2, -0.15) is 0 Å². The lowest BCUT2D eigenvalue weighted by atomic mass is 10.1. The average Bonchev–Trinajstić information content (AvgIpc) is 2.17. The highest BCUT2D eigenvalue weighted by Gasteiger charge is 2.37. The zero-order chi connectivity index (χ0) is 5.44. The molecule has 0 bridgehead atoms. The maximum Gasteiger partial charge on any atom is 0.0370 e. The summed E-state index contributed by atoms with van der Waals surface area (Å²) in [5, 5.41) is 0.514. The van der Waals surface area contributed by atoms with Gasteiger partial charge in [0.25, 0.3) is 0 Å². The van der Waals surface area contributed by atoms with Gasteiger partial charge in [-0.1, -0.05) is 13.8 Å². The molecule has 0 aromatic heterocycles. The van der Waals surface area contributed by atoms with Crippen molar-refractivity contribution in [1.29, 1.82) is 0 Å². The Morgan fingerprint density at radius 2 is 2.00 bits per heavy atom. The molecule has 0 nitrogen and oxygen atoms in total. The summed E-state index contributed by atoms with van der Waals surface area (Å²) in [6, 6.07) is 0. The Balaban J connectivity index is 2.20. The van der Waals surface area contributed by atoms with Gasteiger partial charge in [-0.3, -0.25) is 0 Å². The van der Waals surface area contributed by atoms with Crippen LogP contribution in [-0.2, 0) is 0 Å². The summed E-state index contributed by atoms with van der Waals surface area (Å²) < 4.78 is 0. The Kier molecular flexibility index (Phi) is 1.29. The molecule has 0 spiro atoms. The van der Waals surface area contributed by atoms with Crippen LogP contribution in [0.5, 0.6) is 0 Å². The molecule has 0 radical (unpaired) electrons. The highest BCUT2D eigenvalue weighted by atomic mass is 35.5. The van der Waals surface area contributed by atoms with E-state index in [0.717, 1.165) is 11.8 Å². The van der Waals surface area contributed by atoms with E-state index in [-0.39, 0.29) is 0 Å². The van der Waals surface area contributed by atoms with Crippen LogP contribution in [0.25, 0.3) is 0 Å². The van der Waals surface area contributed by atoms with Crippen LogP contribution in [0, 0.1) is 11.8 Å². The summed E-state index contributed by atoms with van der Waals surface area (Å²) >= 11 is 5.75. The number of hydrogen-bond donors (Lipinski definition) is 0. The fourth-order valence-electron chi connectivity index (χ4n) is 0.871. The third-order valence-corrected chi connectivity index (χ3v) is 2.12. The van der Waals surface area contributed by atoms with E-state index in [1.54, 1.807) is 0 Å².